The van der Waals surface area contributed by atoms with Crippen LogP contribution in [0.5, 0.6) is 0 Å². The number of aliphatic imine (C=N–C) groups is 1. The summed E-state index contributed by atoms with van der Waals surface area (Å²) in [5, 5.41) is 6.23. The summed E-state index contributed by atoms with van der Waals surface area (Å²) in [4.78, 5) is 4.47. The molecule has 2 aromatic heterocycles. The zero-order valence-corrected chi connectivity index (χ0v) is 29.5. The van der Waals surface area contributed by atoms with E-state index in [4.69, 9.17) is 5.73 Å². The fraction of sp³-hybridized carbons (Fsp3) is 0.152. The fourth-order valence-corrected chi connectivity index (χ4v) is 8.94. The van der Waals surface area contributed by atoms with Crippen molar-refractivity contribution in [2.24, 2.45) is 10.7 Å². The molecule has 0 saturated carbocycles. The van der Waals surface area contributed by atoms with E-state index in [1.807, 2.05) is 61.6 Å². The minimum absolute atomic E-state index is 0.752. The lowest BCUT2D eigenvalue weighted by atomic mass is 9.82. The molecule has 4 heteroatoms. The Morgan fingerprint density at radius 2 is 1.46 bits per heavy atom. The number of benzene rings is 5. The Labute approximate surface area is 298 Å². The second-order valence-corrected chi connectivity index (χ2v) is 13.8. The van der Waals surface area contributed by atoms with Gasteiger partial charge in [0, 0.05) is 26.7 Å². The minimum Gasteiger partial charge on any atom is -0.314 e. The van der Waals surface area contributed by atoms with E-state index in [0.29, 0.717) is 0 Å². The van der Waals surface area contributed by atoms with Gasteiger partial charge < -0.3 is 10.3 Å². The van der Waals surface area contributed by atoms with Crippen LogP contribution in [0.4, 0.5) is 0 Å². The number of thiophene rings is 1. The van der Waals surface area contributed by atoms with Crippen LogP contribution in [0.3, 0.4) is 0 Å². The summed E-state index contributed by atoms with van der Waals surface area (Å²) >= 11 is 1.84. The number of aromatic nitrogens is 1. The van der Waals surface area contributed by atoms with Crippen LogP contribution < -0.4 is 5.73 Å². The predicted octanol–water partition coefficient (Wildman–Crippen LogP) is 11.9. The summed E-state index contributed by atoms with van der Waals surface area (Å²) in [6.45, 7) is 7.94. The van der Waals surface area contributed by atoms with E-state index in [2.05, 4.69) is 119 Å². The molecule has 0 fully saturated rings. The average molecular weight is 668 g/mol. The largest absolute Gasteiger partial charge is 0.314 e. The highest BCUT2D eigenvalue weighted by Crippen LogP contribution is 2.47. The first-order valence-electron chi connectivity index (χ1n) is 17.7. The maximum atomic E-state index is 7.57. The van der Waals surface area contributed by atoms with Gasteiger partial charge in [0.1, 0.15) is 0 Å². The van der Waals surface area contributed by atoms with Crippen LogP contribution in [0, 0.1) is 0 Å². The topological polar surface area (TPSA) is 43.3 Å². The van der Waals surface area contributed by atoms with Crippen LogP contribution in [-0.2, 0) is 18.4 Å². The van der Waals surface area contributed by atoms with Crippen LogP contribution >= 0.6 is 11.3 Å². The normalized spacial score (nSPS) is 15.0. The third-order valence-corrected chi connectivity index (χ3v) is 11.2. The quantitative estimate of drug-likeness (QED) is 0.176. The average Bonchev–Trinajstić information content (AvgIpc) is 3.82. The Balaban J connectivity index is 0.00000177. The molecule has 0 bridgehead atoms. The second kappa shape index (κ2) is 13.2. The highest BCUT2D eigenvalue weighted by Gasteiger charge is 2.31. The molecule has 0 radical (unpaired) electrons. The molecule has 5 aromatic carbocycles. The van der Waals surface area contributed by atoms with Gasteiger partial charge in [0.2, 0.25) is 0 Å². The summed E-state index contributed by atoms with van der Waals surface area (Å²) in [6.07, 6.45) is 15.9. The van der Waals surface area contributed by atoms with E-state index in [0.717, 1.165) is 53.8 Å². The van der Waals surface area contributed by atoms with Crippen LogP contribution in [0.1, 0.15) is 65.6 Å². The number of nitrogens with two attached hydrogens (primary N) is 1. The van der Waals surface area contributed by atoms with Crippen molar-refractivity contribution in [3.8, 4) is 5.69 Å². The summed E-state index contributed by atoms with van der Waals surface area (Å²) in [5.74, 6) is 0. The molecule has 246 valence electrons. The summed E-state index contributed by atoms with van der Waals surface area (Å²) in [7, 11) is 0. The molecule has 2 N–H and O–H groups in total. The number of nitrogens with zero attached hydrogens (tertiary/aromatic N) is 2. The van der Waals surface area contributed by atoms with Crippen molar-refractivity contribution in [1.82, 2.24) is 4.57 Å². The molecule has 0 spiro atoms. The molecule has 0 aliphatic heterocycles. The molecule has 1 unspecified atom stereocenters. The zero-order valence-electron chi connectivity index (χ0n) is 28.7. The van der Waals surface area contributed by atoms with Gasteiger partial charge in [0.05, 0.1) is 22.3 Å². The van der Waals surface area contributed by atoms with Crippen LogP contribution in [0.25, 0.3) is 55.4 Å². The molecular weight excluding hydrogens is 627 g/mol. The molecular formula is C46H41N3S. The maximum Gasteiger partial charge on any atom is 0.0877 e. The second-order valence-electron chi connectivity index (χ2n) is 12.9. The molecule has 0 saturated heterocycles. The summed E-state index contributed by atoms with van der Waals surface area (Å²) < 4.78 is 3.85. The SMILES string of the molecule is C=N/C(=C\C(N)(c1ccccc1)c1cccc(-n2c3ccc4ccsc4c3c3c4c(c5c(c32)C=CCC5)CCC=C4)c1)c1ccccc1.CC. The van der Waals surface area contributed by atoms with Gasteiger partial charge in [-0.15, -0.1) is 11.3 Å². The van der Waals surface area contributed by atoms with Crippen LogP contribution in [0.15, 0.2) is 132 Å². The first-order valence-corrected chi connectivity index (χ1v) is 18.6. The molecule has 7 aromatic rings. The standard InChI is InChI=1S/C44H35N3S.C2H6/c1-46-38(29-13-4-2-5-14-29)28-44(45,31-15-6-3-7-16-31)32-17-12-18-33(27-32)47-39-24-23-30-25-26-48-43(30)41(39)40-36-21-10-8-19-34(36)35-20-9-11-22-37(35)42(40)47;1-2/h2-7,10-18,21-28H,1,8-9,19-20,45H2;1-2H3/b38-28-;. The monoisotopic (exact) mass is 667 g/mol. The molecule has 0 amide bonds. The molecule has 2 aliphatic rings. The molecule has 1 atom stereocenters. The highest BCUT2D eigenvalue weighted by molar-refractivity contribution is 7.18. The van der Waals surface area contributed by atoms with E-state index in [1.165, 1.54) is 54.1 Å². The van der Waals surface area contributed by atoms with Gasteiger partial charge >= 0.3 is 0 Å². The number of hydrogen-bond acceptors (Lipinski definition) is 3. The Bertz CT molecular complexity index is 2480. The minimum atomic E-state index is -0.968. The van der Waals surface area contributed by atoms with Gasteiger partial charge in [0.25, 0.3) is 0 Å². The zero-order chi connectivity index (χ0) is 34.2. The molecule has 2 heterocycles. The summed E-state index contributed by atoms with van der Waals surface area (Å²) in [5.41, 5.74) is 19.7. The van der Waals surface area contributed by atoms with Gasteiger partial charge in [-0.05, 0) is 107 Å². The number of rotatable bonds is 6. The van der Waals surface area contributed by atoms with Crippen molar-refractivity contribution in [2.75, 3.05) is 0 Å². The van der Waals surface area contributed by atoms with Crippen molar-refractivity contribution in [3.63, 3.8) is 0 Å². The van der Waals surface area contributed by atoms with Crippen molar-refractivity contribution in [3.05, 3.63) is 166 Å². The number of fused-ring (bicyclic) bond motifs is 10. The van der Waals surface area contributed by atoms with E-state index < -0.39 is 5.54 Å². The van der Waals surface area contributed by atoms with Crippen molar-refractivity contribution in [2.45, 2.75) is 45.1 Å². The lowest BCUT2D eigenvalue weighted by Gasteiger charge is -2.29. The Hall–Kier alpha value is -5.29. The molecule has 9 rings (SSSR count). The van der Waals surface area contributed by atoms with Crippen molar-refractivity contribution < 1.29 is 0 Å². The third kappa shape index (κ3) is 5.10. The Morgan fingerprint density at radius 1 is 0.780 bits per heavy atom. The van der Waals surface area contributed by atoms with Crippen molar-refractivity contribution in [1.29, 1.82) is 0 Å². The fourth-order valence-electron chi connectivity index (χ4n) is 7.99. The van der Waals surface area contributed by atoms with Gasteiger partial charge in [-0.1, -0.05) is 117 Å². The predicted molar refractivity (Wildman–Crippen MR) is 218 cm³/mol. The number of hydrogen-bond donors (Lipinski definition) is 1. The third-order valence-electron chi connectivity index (χ3n) is 10.2. The van der Waals surface area contributed by atoms with Crippen molar-refractivity contribution >= 4 is 67.8 Å². The van der Waals surface area contributed by atoms with E-state index in [9.17, 15) is 0 Å². The molecule has 3 nitrogen and oxygen atoms in total. The van der Waals surface area contributed by atoms with Gasteiger partial charge in [0.15, 0.2) is 0 Å². The number of allylic oxidation sites excluding steroid dienone is 2. The lowest BCUT2D eigenvalue weighted by Crippen LogP contribution is -2.36. The molecule has 50 heavy (non-hydrogen) atoms. The smallest absolute Gasteiger partial charge is 0.0877 e. The molecule has 2 aliphatic carbocycles. The van der Waals surface area contributed by atoms with E-state index in [1.54, 1.807) is 0 Å². The van der Waals surface area contributed by atoms with Gasteiger partial charge in [-0.25, -0.2) is 0 Å². The highest BCUT2D eigenvalue weighted by atomic mass is 32.1. The van der Waals surface area contributed by atoms with E-state index in [-0.39, 0.29) is 0 Å². The maximum absolute atomic E-state index is 7.57. The van der Waals surface area contributed by atoms with E-state index >= 15 is 0 Å². The van der Waals surface area contributed by atoms with Crippen LogP contribution in [0.2, 0.25) is 0 Å². The van der Waals surface area contributed by atoms with Gasteiger partial charge in [-0.3, -0.25) is 4.99 Å². The van der Waals surface area contributed by atoms with Crippen LogP contribution in [-0.4, -0.2) is 11.3 Å². The first kappa shape index (κ1) is 31.9. The Kier molecular flexibility index (Phi) is 8.44. The Morgan fingerprint density at radius 3 is 2.20 bits per heavy atom. The first-order chi connectivity index (χ1) is 24.7. The van der Waals surface area contributed by atoms with Gasteiger partial charge in [-0.2, -0.15) is 0 Å². The summed E-state index contributed by atoms with van der Waals surface area (Å²) in [6, 6.07) is 36.1. The lowest BCUT2D eigenvalue weighted by molar-refractivity contribution is 0.681.